The zero-order valence-electron chi connectivity index (χ0n) is 9.87. The molecule has 2 heterocycles. The van der Waals surface area contributed by atoms with Crippen molar-refractivity contribution in [2.24, 2.45) is 11.1 Å². The van der Waals surface area contributed by atoms with Crippen molar-refractivity contribution in [3.05, 3.63) is 0 Å². The SMILES string of the molecule is CC1(CN2CCC(N)CC2)CCOCC1. The summed E-state index contributed by atoms with van der Waals surface area (Å²) in [5.74, 6) is 0. The first-order valence-corrected chi connectivity index (χ1v) is 6.24. The van der Waals surface area contributed by atoms with Crippen molar-refractivity contribution in [3.63, 3.8) is 0 Å². The predicted molar refractivity (Wildman–Crippen MR) is 61.8 cm³/mol. The monoisotopic (exact) mass is 212 g/mol. The third-order valence-corrected chi connectivity index (χ3v) is 3.94. The minimum absolute atomic E-state index is 0.448. The van der Waals surface area contributed by atoms with Gasteiger partial charge in [0.2, 0.25) is 0 Å². The van der Waals surface area contributed by atoms with Crippen LogP contribution < -0.4 is 5.73 Å². The van der Waals surface area contributed by atoms with E-state index in [0.717, 1.165) is 13.2 Å². The maximum atomic E-state index is 5.92. The van der Waals surface area contributed by atoms with Gasteiger partial charge in [0, 0.05) is 25.8 Å². The smallest absolute Gasteiger partial charge is 0.0471 e. The molecule has 0 amide bonds. The minimum atomic E-state index is 0.448. The van der Waals surface area contributed by atoms with Gasteiger partial charge in [-0.05, 0) is 44.2 Å². The lowest BCUT2D eigenvalue weighted by Gasteiger charge is -2.40. The van der Waals surface area contributed by atoms with Crippen LogP contribution in [0.1, 0.15) is 32.6 Å². The van der Waals surface area contributed by atoms with Gasteiger partial charge in [0.05, 0.1) is 0 Å². The second-order valence-electron chi connectivity index (χ2n) is 5.54. The average molecular weight is 212 g/mol. The van der Waals surface area contributed by atoms with Crippen molar-refractivity contribution in [2.45, 2.75) is 38.6 Å². The first-order chi connectivity index (χ1) is 7.18. The Bertz CT molecular complexity index is 194. The van der Waals surface area contributed by atoms with Gasteiger partial charge in [-0.3, -0.25) is 0 Å². The highest BCUT2D eigenvalue weighted by Crippen LogP contribution is 2.31. The summed E-state index contributed by atoms with van der Waals surface area (Å²) < 4.78 is 5.43. The minimum Gasteiger partial charge on any atom is -0.381 e. The summed E-state index contributed by atoms with van der Waals surface area (Å²) in [5.41, 5.74) is 6.40. The second-order valence-corrected chi connectivity index (χ2v) is 5.54. The van der Waals surface area contributed by atoms with E-state index in [0.29, 0.717) is 11.5 Å². The van der Waals surface area contributed by atoms with Crippen LogP contribution in [0.15, 0.2) is 0 Å². The molecule has 0 aliphatic carbocycles. The van der Waals surface area contributed by atoms with Crippen LogP contribution in [-0.2, 0) is 4.74 Å². The molecule has 0 aromatic carbocycles. The lowest BCUT2D eigenvalue weighted by atomic mass is 9.81. The summed E-state index contributed by atoms with van der Waals surface area (Å²) in [6, 6.07) is 0.448. The number of likely N-dealkylation sites (tertiary alicyclic amines) is 1. The van der Waals surface area contributed by atoms with E-state index in [9.17, 15) is 0 Å². The third kappa shape index (κ3) is 3.16. The van der Waals surface area contributed by atoms with Gasteiger partial charge in [-0.15, -0.1) is 0 Å². The van der Waals surface area contributed by atoms with Crippen LogP contribution in [0.4, 0.5) is 0 Å². The highest BCUT2D eigenvalue weighted by Gasteiger charge is 2.30. The molecule has 0 aromatic rings. The highest BCUT2D eigenvalue weighted by molar-refractivity contribution is 4.83. The molecule has 3 heteroatoms. The van der Waals surface area contributed by atoms with Crippen LogP contribution in [0, 0.1) is 5.41 Å². The highest BCUT2D eigenvalue weighted by atomic mass is 16.5. The first kappa shape index (κ1) is 11.4. The predicted octanol–water partition coefficient (Wildman–Crippen LogP) is 1.23. The van der Waals surface area contributed by atoms with Crippen LogP contribution in [0.2, 0.25) is 0 Å². The van der Waals surface area contributed by atoms with Gasteiger partial charge in [-0.1, -0.05) is 6.92 Å². The first-order valence-electron chi connectivity index (χ1n) is 6.24. The molecular formula is C12H24N2O. The molecule has 2 N–H and O–H groups in total. The molecule has 0 unspecified atom stereocenters. The summed E-state index contributed by atoms with van der Waals surface area (Å²) in [6.07, 6.45) is 4.78. The van der Waals surface area contributed by atoms with E-state index < -0.39 is 0 Å². The fourth-order valence-corrected chi connectivity index (χ4v) is 2.67. The van der Waals surface area contributed by atoms with Crippen molar-refractivity contribution < 1.29 is 4.74 Å². The molecule has 0 spiro atoms. The number of hydrogen-bond donors (Lipinski definition) is 1. The van der Waals surface area contributed by atoms with Crippen LogP contribution >= 0.6 is 0 Å². The Morgan fingerprint density at radius 1 is 1.27 bits per heavy atom. The molecule has 15 heavy (non-hydrogen) atoms. The van der Waals surface area contributed by atoms with E-state index >= 15 is 0 Å². The summed E-state index contributed by atoms with van der Waals surface area (Å²) >= 11 is 0. The number of ether oxygens (including phenoxy) is 1. The van der Waals surface area contributed by atoms with Crippen molar-refractivity contribution in [3.8, 4) is 0 Å². The van der Waals surface area contributed by atoms with Crippen LogP contribution in [0.25, 0.3) is 0 Å². The number of piperidine rings is 1. The Hall–Kier alpha value is -0.120. The fourth-order valence-electron chi connectivity index (χ4n) is 2.67. The molecule has 0 saturated carbocycles. The Kier molecular flexibility index (Phi) is 3.65. The number of nitrogens with two attached hydrogens (primary N) is 1. The van der Waals surface area contributed by atoms with Crippen LogP contribution in [0.3, 0.4) is 0 Å². The van der Waals surface area contributed by atoms with Gasteiger partial charge in [0.1, 0.15) is 0 Å². The van der Waals surface area contributed by atoms with Crippen molar-refractivity contribution >= 4 is 0 Å². The van der Waals surface area contributed by atoms with E-state index in [1.54, 1.807) is 0 Å². The largest absolute Gasteiger partial charge is 0.381 e. The van der Waals surface area contributed by atoms with Gasteiger partial charge >= 0.3 is 0 Å². The summed E-state index contributed by atoms with van der Waals surface area (Å²) in [6.45, 7) is 7.93. The van der Waals surface area contributed by atoms with Gasteiger partial charge in [0.25, 0.3) is 0 Å². The molecule has 0 radical (unpaired) electrons. The van der Waals surface area contributed by atoms with Gasteiger partial charge in [0.15, 0.2) is 0 Å². The average Bonchev–Trinajstić information content (AvgIpc) is 2.22. The lowest BCUT2D eigenvalue weighted by molar-refractivity contribution is 0.00144. The Labute approximate surface area is 93.0 Å². The summed E-state index contributed by atoms with van der Waals surface area (Å²) in [5, 5.41) is 0. The summed E-state index contributed by atoms with van der Waals surface area (Å²) in [7, 11) is 0. The number of hydrogen-bond acceptors (Lipinski definition) is 3. The topological polar surface area (TPSA) is 38.5 Å². The maximum absolute atomic E-state index is 5.92. The second kappa shape index (κ2) is 4.81. The Balaban J connectivity index is 1.80. The molecule has 2 aliphatic rings. The quantitative estimate of drug-likeness (QED) is 0.748. The zero-order chi connectivity index (χ0) is 10.7. The van der Waals surface area contributed by atoms with E-state index in [1.165, 1.54) is 45.3 Å². The van der Waals surface area contributed by atoms with E-state index in [1.807, 2.05) is 0 Å². The lowest BCUT2D eigenvalue weighted by Crippen LogP contribution is -2.45. The van der Waals surface area contributed by atoms with E-state index in [2.05, 4.69) is 11.8 Å². The normalized spacial score (nSPS) is 29.2. The fraction of sp³-hybridized carbons (Fsp3) is 1.00. The molecule has 88 valence electrons. The molecular weight excluding hydrogens is 188 g/mol. The van der Waals surface area contributed by atoms with Gasteiger partial charge in [-0.2, -0.15) is 0 Å². The van der Waals surface area contributed by atoms with E-state index in [-0.39, 0.29) is 0 Å². The molecule has 2 saturated heterocycles. The molecule has 3 nitrogen and oxygen atoms in total. The standard InChI is InChI=1S/C12H24N2O/c1-12(4-8-15-9-5-12)10-14-6-2-11(13)3-7-14/h11H,2-10,13H2,1H3. The zero-order valence-corrected chi connectivity index (χ0v) is 9.87. The van der Waals surface area contributed by atoms with Crippen molar-refractivity contribution in [1.82, 2.24) is 4.90 Å². The van der Waals surface area contributed by atoms with Gasteiger partial charge < -0.3 is 15.4 Å². The summed E-state index contributed by atoms with van der Waals surface area (Å²) in [4.78, 5) is 2.59. The van der Waals surface area contributed by atoms with Crippen molar-refractivity contribution in [2.75, 3.05) is 32.8 Å². The molecule has 0 bridgehead atoms. The van der Waals surface area contributed by atoms with Crippen LogP contribution in [-0.4, -0.2) is 43.8 Å². The number of rotatable bonds is 2. The third-order valence-electron chi connectivity index (χ3n) is 3.94. The van der Waals surface area contributed by atoms with Crippen molar-refractivity contribution in [1.29, 1.82) is 0 Å². The maximum Gasteiger partial charge on any atom is 0.0471 e. The molecule has 2 aliphatic heterocycles. The van der Waals surface area contributed by atoms with E-state index in [4.69, 9.17) is 10.5 Å². The number of nitrogens with zero attached hydrogens (tertiary/aromatic N) is 1. The molecule has 0 atom stereocenters. The molecule has 2 fully saturated rings. The molecule has 0 aromatic heterocycles. The Morgan fingerprint density at radius 3 is 2.47 bits per heavy atom. The Morgan fingerprint density at radius 2 is 1.87 bits per heavy atom. The van der Waals surface area contributed by atoms with Gasteiger partial charge in [-0.25, -0.2) is 0 Å². The van der Waals surface area contributed by atoms with Crippen LogP contribution in [0.5, 0.6) is 0 Å². The molecule has 2 rings (SSSR count).